The van der Waals surface area contributed by atoms with Crippen molar-refractivity contribution in [3.05, 3.63) is 36.0 Å². The Morgan fingerprint density at radius 3 is 2.50 bits per heavy atom. The molecule has 2 aliphatic rings. The van der Waals surface area contributed by atoms with Crippen LogP contribution in [0.2, 0.25) is 0 Å². The van der Waals surface area contributed by atoms with Gasteiger partial charge in [-0.1, -0.05) is 0 Å². The zero-order valence-electron chi connectivity index (χ0n) is 19.7. The molecular weight excluding hydrogens is 456 g/mol. The number of nitrogens with zero attached hydrogens (tertiary/aromatic N) is 2. The largest absolute Gasteiger partial charge is 0.377 e. The van der Waals surface area contributed by atoms with Crippen molar-refractivity contribution >= 4 is 33.4 Å². The lowest BCUT2D eigenvalue weighted by molar-refractivity contribution is 0.0919. The second-order valence-electron chi connectivity index (χ2n) is 9.71. The monoisotopic (exact) mass is 488 g/mol. The average molecular weight is 489 g/mol. The van der Waals surface area contributed by atoms with Crippen molar-refractivity contribution in [1.29, 1.82) is 0 Å². The third-order valence-electron chi connectivity index (χ3n) is 5.39. The Morgan fingerprint density at radius 2 is 1.88 bits per heavy atom. The van der Waals surface area contributed by atoms with Crippen LogP contribution in [0.4, 0.5) is 17.5 Å². The lowest BCUT2D eigenvalue weighted by Gasteiger charge is -2.21. The van der Waals surface area contributed by atoms with Crippen LogP contribution in [0.15, 0.2) is 35.4 Å². The highest BCUT2D eigenvalue weighted by Crippen LogP contribution is 2.27. The van der Waals surface area contributed by atoms with E-state index in [0.29, 0.717) is 35.7 Å². The van der Waals surface area contributed by atoms with Crippen molar-refractivity contribution < 1.29 is 17.9 Å². The molecule has 1 aliphatic carbocycles. The second-order valence-corrected chi connectivity index (χ2v) is 11.5. The Balaban J connectivity index is 1.44. The summed E-state index contributed by atoms with van der Waals surface area (Å²) in [4.78, 5) is 21.7. The summed E-state index contributed by atoms with van der Waals surface area (Å²) in [7, 11) is -3.62. The highest BCUT2D eigenvalue weighted by molar-refractivity contribution is 7.89. The first-order valence-corrected chi connectivity index (χ1v) is 13.0. The molecule has 1 amide bonds. The molecule has 2 aromatic rings. The summed E-state index contributed by atoms with van der Waals surface area (Å²) in [5, 5.41) is 9.31. The molecule has 34 heavy (non-hydrogen) atoms. The van der Waals surface area contributed by atoms with E-state index in [0.717, 1.165) is 25.7 Å². The fourth-order valence-electron chi connectivity index (χ4n) is 3.49. The predicted octanol–water partition coefficient (Wildman–Crippen LogP) is 2.78. The molecule has 11 heteroatoms. The van der Waals surface area contributed by atoms with Crippen LogP contribution in [0.5, 0.6) is 0 Å². The van der Waals surface area contributed by atoms with E-state index in [1.165, 1.54) is 18.3 Å². The smallest absolute Gasteiger partial charge is 0.257 e. The molecule has 1 atom stereocenters. The maximum atomic E-state index is 12.7. The van der Waals surface area contributed by atoms with Gasteiger partial charge >= 0.3 is 0 Å². The van der Waals surface area contributed by atoms with Crippen LogP contribution in [0.1, 0.15) is 56.8 Å². The average Bonchev–Trinajstić information content (AvgIpc) is 3.42. The molecule has 2 fully saturated rings. The molecule has 10 nitrogen and oxygen atoms in total. The number of rotatable bonds is 9. The molecular formula is C23H32N6O4S. The molecule has 4 rings (SSSR count). The van der Waals surface area contributed by atoms with E-state index >= 15 is 0 Å². The van der Waals surface area contributed by atoms with Gasteiger partial charge in [-0.25, -0.2) is 18.1 Å². The molecule has 1 saturated heterocycles. The summed E-state index contributed by atoms with van der Waals surface area (Å²) in [6, 6.07) is 6.65. The first-order chi connectivity index (χ1) is 16.1. The van der Waals surface area contributed by atoms with Gasteiger partial charge in [-0.05, 0) is 70.7 Å². The van der Waals surface area contributed by atoms with Gasteiger partial charge in [-0.3, -0.25) is 4.79 Å². The minimum atomic E-state index is -3.62. The summed E-state index contributed by atoms with van der Waals surface area (Å²) in [5.41, 5.74) is 0.625. The van der Waals surface area contributed by atoms with Gasteiger partial charge in [-0.2, -0.15) is 4.98 Å². The molecule has 0 spiro atoms. The van der Waals surface area contributed by atoms with E-state index in [1.807, 2.05) is 20.8 Å². The third-order valence-corrected chi connectivity index (χ3v) is 6.83. The Labute approximate surface area is 200 Å². The van der Waals surface area contributed by atoms with Gasteiger partial charge in [-0.15, -0.1) is 0 Å². The molecule has 2 heterocycles. The third kappa shape index (κ3) is 6.64. The summed E-state index contributed by atoms with van der Waals surface area (Å²) in [6.07, 6.45) is 5.30. The minimum absolute atomic E-state index is 0.0697. The lowest BCUT2D eigenvalue weighted by atomic mass is 10.1. The number of aromatic nitrogens is 2. The molecule has 1 unspecified atom stereocenters. The number of nitrogens with one attached hydrogen (secondary N) is 4. The van der Waals surface area contributed by atoms with Crippen molar-refractivity contribution in [3.63, 3.8) is 0 Å². The molecule has 4 N–H and O–H groups in total. The van der Waals surface area contributed by atoms with Gasteiger partial charge in [0, 0.05) is 36.6 Å². The number of carbonyl (C=O) groups is 1. The lowest BCUT2D eigenvalue weighted by Crippen LogP contribution is -2.41. The zero-order valence-corrected chi connectivity index (χ0v) is 20.5. The van der Waals surface area contributed by atoms with E-state index in [1.54, 1.807) is 12.1 Å². The number of amides is 1. The second kappa shape index (κ2) is 9.85. The molecule has 1 saturated carbocycles. The fourth-order valence-corrected chi connectivity index (χ4v) is 4.55. The van der Waals surface area contributed by atoms with Crippen molar-refractivity contribution in [2.75, 3.05) is 23.8 Å². The van der Waals surface area contributed by atoms with Crippen LogP contribution in [0, 0.1) is 0 Å². The van der Waals surface area contributed by atoms with Crippen LogP contribution < -0.4 is 20.7 Å². The molecule has 1 aromatic heterocycles. The van der Waals surface area contributed by atoms with E-state index in [2.05, 4.69) is 30.6 Å². The number of sulfonamides is 1. The number of carbonyl (C=O) groups excluding carboxylic acids is 1. The number of hydrogen-bond donors (Lipinski definition) is 4. The van der Waals surface area contributed by atoms with Crippen LogP contribution >= 0.6 is 0 Å². The van der Waals surface area contributed by atoms with E-state index in [4.69, 9.17) is 4.74 Å². The summed E-state index contributed by atoms with van der Waals surface area (Å²) in [5.74, 6) is 0.536. The standard InChI is InChI=1S/C23H32N6O4S/c1-23(2,3)29-21(30)19-14-24-22(28-20(19)26-15-6-7-15)27-16-8-10-18(11-9-16)34(31,32)25-13-17-5-4-12-33-17/h8-11,14-15,17,25H,4-7,12-13H2,1-3H3,(H,29,30)(H2,24,26,27,28). The summed E-state index contributed by atoms with van der Waals surface area (Å²) < 4.78 is 33.2. The Bertz CT molecular complexity index is 1120. The molecule has 184 valence electrons. The highest BCUT2D eigenvalue weighted by Gasteiger charge is 2.26. The summed E-state index contributed by atoms with van der Waals surface area (Å²) >= 11 is 0. The van der Waals surface area contributed by atoms with Crippen LogP contribution in [-0.2, 0) is 14.8 Å². The SMILES string of the molecule is CC(C)(C)NC(=O)c1cnc(Nc2ccc(S(=O)(=O)NCC3CCCO3)cc2)nc1NC1CC1. The number of ether oxygens (including phenoxy) is 1. The van der Waals surface area contributed by atoms with Gasteiger partial charge < -0.3 is 20.7 Å². The topological polar surface area (TPSA) is 134 Å². The minimum Gasteiger partial charge on any atom is -0.377 e. The Kier molecular flexibility index (Phi) is 7.06. The number of hydrogen-bond acceptors (Lipinski definition) is 8. The first-order valence-electron chi connectivity index (χ1n) is 11.5. The quantitative estimate of drug-likeness (QED) is 0.423. The maximum absolute atomic E-state index is 12.7. The van der Waals surface area contributed by atoms with E-state index in [9.17, 15) is 13.2 Å². The van der Waals surface area contributed by atoms with E-state index < -0.39 is 10.0 Å². The summed E-state index contributed by atoms with van der Waals surface area (Å²) in [6.45, 7) is 6.68. The molecule has 1 aromatic carbocycles. The number of anilines is 3. The maximum Gasteiger partial charge on any atom is 0.257 e. The normalized spacial score (nSPS) is 18.5. The Morgan fingerprint density at radius 1 is 1.15 bits per heavy atom. The Hall–Kier alpha value is -2.76. The first kappa shape index (κ1) is 24.4. The van der Waals surface area contributed by atoms with Gasteiger partial charge in [0.25, 0.3) is 5.91 Å². The van der Waals surface area contributed by atoms with Crippen molar-refractivity contribution in [1.82, 2.24) is 20.0 Å². The fraction of sp³-hybridized carbons (Fsp3) is 0.522. The van der Waals surface area contributed by atoms with E-state index in [-0.39, 0.29) is 29.0 Å². The van der Waals surface area contributed by atoms with Crippen LogP contribution in [-0.4, -0.2) is 55.1 Å². The molecule has 0 bridgehead atoms. The van der Waals surface area contributed by atoms with Crippen LogP contribution in [0.25, 0.3) is 0 Å². The van der Waals surface area contributed by atoms with Crippen LogP contribution in [0.3, 0.4) is 0 Å². The van der Waals surface area contributed by atoms with Gasteiger partial charge in [0.05, 0.1) is 11.0 Å². The van der Waals surface area contributed by atoms with Gasteiger partial charge in [0.2, 0.25) is 16.0 Å². The zero-order chi connectivity index (χ0) is 24.3. The number of benzene rings is 1. The highest BCUT2D eigenvalue weighted by atomic mass is 32.2. The molecule has 0 radical (unpaired) electrons. The van der Waals surface area contributed by atoms with Crippen molar-refractivity contribution in [3.8, 4) is 0 Å². The van der Waals surface area contributed by atoms with Crippen molar-refractivity contribution in [2.24, 2.45) is 0 Å². The van der Waals surface area contributed by atoms with Gasteiger partial charge in [0.1, 0.15) is 11.4 Å². The van der Waals surface area contributed by atoms with Crippen molar-refractivity contribution in [2.45, 2.75) is 69.0 Å². The molecule has 1 aliphatic heterocycles. The van der Waals surface area contributed by atoms with Gasteiger partial charge in [0.15, 0.2) is 0 Å². The predicted molar refractivity (Wildman–Crippen MR) is 130 cm³/mol.